The van der Waals surface area contributed by atoms with Gasteiger partial charge in [0.15, 0.2) is 0 Å². The average molecular weight is 217 g/mol. The molecule has 1 aromatic carbocycles. The molecule has 3 heteroatoms. The summed E-state index contributed by atoms with van der Waals surface area (Å²) in [5, 5.41) is 9.67. The van der Waals surface area contributed by atoms with E-state index >= 15 is 0 Å². The van der Waals surface area contributed by atoms with E-state index < -0.39 is 0 Å². The van der Waals surface area contributed by atoms with E-state index in [1.165, 1.54) is 23.9 Å². The SMILES string of the molecule is N#Cc1ccccc1[CH2][Zn+].[Cl-]. The van der Waals surface area contributed by atoms with Gasteiger partial charge in [-0.3, -0.25) is 0 Å². The number of hydrogen-bond donors (Lipinski definition) is 0. The van der Waals surface area contributed by atoms with Crippen LogP contribution in [0.2, 0.25) is 0 Å². The molecule has 0 N–H and O–H groups in total. The van der Waals surface area contributed by atoms with E-state index in [0.717, 1.165) is 10.6 Å². The second-order valence-corrected chi connectivity index (χ2v) is 3.07. The Bertz CT molecular complexity index is 267. The first-order valence-electron chi connectivity index (χ1n) is 3.15. The average Bonchev–Trinajstić information content (AvgIpc) is 2.04. The molecule has 0 heterocycles. The molecule has 1 aromatic rings. The summed E-state index contributed by atoms with van der Waals surface area (Å²) in [4.78, 5) is 0. The van der Waals surface area contributed by atoms with Crippen molar-refractivity contribution in [3.8, 4) is 6.07 Å². The first kappa shape index (κ1) is 10.6. The summed E-state index contributed by atoms with van der Waals surface area (Å²) >= 11 is 1.22. The fraction of sp³-hybridized carbons (Fsp3) is 0.125. The van der Waals surface area contributed by atoms with Crippen LogP contribution in [0.4, 0.5) is 0 Å². The van der Waals surface area contributed by atoms with Crippen molar-refractivity contribution in [3.63, 3.8) is 0 Å². The third-order valence-corrected chi connectivity index (χ3v) is 2.54. The smallest absolute Gasteiger partial charge is 1.00 e. The predicted molar refractivity (Wildman–Crippen MR) is 34.9 cm³/mol. The summed E-state index contributed by atoms with van der Waals surface area (Å²) < 4.78 is 0. The summed E-state index contributed by atoms with van der Waals surface area (Å²) in [7, 11) is 0. The molecule has 1 rings (SSSR count). The van der Waals surface area contributed by atoms with Crippen molar-refractivity contribution in [2.75, 3.05) is 0 Å². The summed E-state index contributed by atoms with van der Waals surface area (Å²) in [6, 6.07) is 9.93. The minimum atomic E-state index is 0. The molecule has 0 amide bonds. The molecular weight excluding hydrogens is 211 g/mol. The van der Waals surface area contributed by atoms with Gasteiger partial charge in [0.05, 0.1) is 0 Å². The maximum Gasteiger partial charge on any atom is -1.00 e. The van der Waals surface area contributed by atoms with E-state index in [1.807, 2.05) is 24.3 Å². The van der Waals surface area contributed by atoms with Gasteiger partial charge in [-0.2, -0.15) is 0 Å². The molecule has 0 spiro atoms. The third kappa shape index (κ3) is 2.62. The zero-order chi connectivity index (χ0) is 7.40. The van der Waals surface area contributed by atoms with Crippen LogP contribution in [0.3, 0.4) is 0 Å². The van der Waals surface area contributed by atoms with Crippen LogP contribution in [-0.2, 0) is 23.3 Å². The van der Waals surface area contributed by atoms with E-state index in [0.29, 0.717) is 0 Å². The van der Waals surface area contributed by atoms with Gasteiger partial charge < -0.3 is 12.4 Å². The van der Waals surface area contributed by atoms with Crippen molar-refractivity contribution in [1.29, 1.82) is 5.26 Å². The molecule has 0 aliphatic heterocycles. The molecule has 52 valence electrons. The van der Waals surface area contributed by atoms with E-state index in [9.17, 15) is 0 Å². The van der Waals surface area contributed by atoms with Gasteiger partial charge >= 0.3 is 70.0 Å². The number of nitrogens with zero attached hydrogens (tertiary/aromatic N) is 1. The Hall–Kier alpha value is -0.377. The maximum absolute atomic E-state index is 8.61. The molecule has 0 atom stereocenters. The van der Waals surface area contributed by atoms with Gasteiger partial charge in [-0.15, -0.1) is 0 Å². The van der Waals surface area contributed by atoms with Crippen molar-refractivity contribution in [3.05, 3.63) is 35.4 Å². The largest absolute Gasteiger partial charge is 1.00 e. The minimum absolute atomic E-state index is 0. The number of rotatable bonds is 1. The number of benzene rings is 1. The van der Waals surface area contributed by atoms with Crippen molar-refractivity contribution >= 4 is 0 Å². The molecule has 11 heavy (non-hydrogen) atoms. The van der Waals surface area contributed by atoms with Crippen LogP contribution >= 0.6 is 0 Å². The molecule has 0 aliphatic carbocycles. The van der Waals surface area contributed by atoms with Crippen LogP contribution in [0.1, 0.15) is 11.1 Å². The fourth-order valence-corrected chi connectivity index (χ4v) is 1.76. The molecule has 0 saturated heterocycles. The Balaban J connectivity index is 0.000001000. The third-order valence-electron chi connectivity index (χ3n) is 1.41. The van der Waals surface area contributed by atoms with E-state index in [1.54, 1.807) is 0 Å². The topological polar surface area (TPSA) is 23.8 Å². The van der Waals surface area contributed by atoms with Gasteiger partial charge in [-0.1, -0.05) is 0 Å². The zero-order valence-corrected chi connectivity index (χ0v) is 9.77. The normalized spacial score (nSPS) is 8.09. The first-order valence-corrected chi connectivity index (χ1v) is 5.25. The summed E-state index contributed by atoms with van der Waals surface area (Å²) in [6.07, 6.45) is 0. The Labute approximate surface area is 82.5 Å². The van der Waals surface area contributed by atoms with Crippen LogP contribution in [0.25, 0.3) is 0 Å². The van der Waals surface area contributed by atoms with Gasteiger partial charge in [0.2, 0.25) is 0 Å². The molecular formula is C8H6ClNZn. The van der Waals surface area contributed by atoms with Crippen molar-refractivity contribution < 1.29 is 30.7 Å². The van der Waals surface area contributed by atoms with E-state index in [4.69, 9.17) is 5.26 Å². The molecule has 1 nitrogen and oxygen atoms in total. The minimum Gasteiger partial charge on any atom is -1.00 e. The molecule has 0 saturated carbocycles. The van der Waals surface area contributed by atoms with Gasteiger partial charge in [-0.25, -0.2) is 0 Å². The van der Waals surface area contributed by atoms with Crippen LogP contribution in [0, 0.1) is 11.3 Å². The van der Waals surface area contributed by atoms with Crippen LogP contribution < -0.4 is 12.4 Å². The van der Waals surface area contributed by atoms with E-state index in [-0.39, 0.29) is 12.4 Å². The molecule has 0 radical (unpaired) electrons. The molecule has 0 bridgehead atoms. The second-order valence-electron chi connectivity index (χ2n) is 2.02. The molecule has 0 aromatic heterocycles. The zero-order valence-electron chi connectivity index (χ0n) is 6.05. The molecule has 0 unspecified atom stereocenters. The van der Waals surface area contributed by atoms with Crippen molar-refractivity contribution in [2.24, 2.45) is 0 Å². The Kier molecular flexibility index (Phi) is 5.12. The number of nitriles is 1. The van der Waals surface area contributed by atoms with Gasteiger partial charge in [0.1, 0.15) is 0 Å². The Morgan fingerprint density at radius 1 is 1.36 bits per heavy atom. The maximum atomic E-state index is 8.61. The molecule has 0 aliphatic rings. The monoisotopic (exact) mass is 215 g/mol. The van der Waals surface area contributed by atoms with Crippen LogP contribution in [0.15, 0.2) is 24.3 Å². The summed E-state index contributed by atoms with van der Waals surface area (Å²) in [6.45, 7) is 0. The molecule has 0 fully saturated rings. The summed E-state index contributed by atoms with van der Waals surface area (Å²) in [5.41, 5.74) is 2.01. The quantitative estimate of drug-likeness (QED) is 0.531. The fourth-order valence-electron chi connectivity index (χ4n) is 0.847. The number of halogens is 1. The summed E-state index contributed by atoms with van der Waals surface area (Å²) in [5.74, 6) is 0. The van der Waals surface area contributed by atoms with Crippen LogP contribution in [0.5, 0.6) is 0 Å². The van der Waals surface area contributed by atoms with Gasteiger partial charge in [0.25, 0.3) is 0 Å². The van der Waals surface area contributed by atoms with Gasteiger partial charge in [0, 0.05) is 0 Å². The van der Waals surface area contributed by atoms with Gasteiger partial charge in [-0.05, 0) is 0 Å². The first-order chi connectivity index (χ1) is 4.88. The van der Waals surface area contributed by atoms with Crippen LogP contribution in [-0.4, -0.2) is 0 Å². The second kappa shape index (κ2) is 5.30. The van der Waals surface area contributed by atoms with Crippen molar-refractivity contribution in [2.45, 2.75) is 5.02 Å². The van der Waals surface area contributed by atoms with Crippen molar-refractivity contribution in [1.82, 2.24) is 0 Å². The predicted octanol–water partition coefficient (Wildman–Crippen LogP) is -1.39. The Morgan fingerprint density at radius 3 is 2.45 bits per heavy atom. The van der Waals surface area contributed by atoms with E-state index in [2.05, 4.69) is 6.07 Å². The Morgan fingerprint density at radius 2 is 2.00 bits per heavy atom. The number of hydrogen-bond acceptors (Lipinski definition) is 1. The standard InChI is InChI=1S/C8H6N.ClH.Zn/c1-7-4-2-3-5-8(7)6-9;;/h2-5H,1H2;1H;/q;;+1/p-1.